The number of H-pyrrole nitrogens is 1. The van der Waals surface area contributed by atoms with Crippen LogP contribution in [0, 0.1) is 41.5 Å². The molecule has 4 aliphatic carbocycles. The molecule has 4 aromatic carbocycles. The van der Waals surface area contributed by atoms with Crippen LogP contribution >= 0.6 is 0 Å². The summed E-state index contributed by atoms with van der Waals surface area (Å²) in [5, 5.41) is 5.14. The number of hydrogen-bond donors (Lipinski definition) is 1. The van der Waals surface area contributed by atoms with Gasteiger partial charge in [0.15, 0.2) is 0 Å². The number of aromatic amines is 1. The highest BCUT2D eigenvalue weighted by Gasteiger charge is 2.35. The first-order valence-electron chi connectivity index (χ1n) is 16.3. The predicted octanol–water partition coefficient (Wildman–Crippen LogP) is 7.21. The number of aromatic nitrogens is 1. The minimum atomic E-state index is 0.248. The number of rotatable bonds is 2. The van der Waals surface area contributed by atoms with Crippen molar-refractivity contribution in [2.24, 2.45) is 0 Å². The molecular weight excluding hydrogens is 542 g/mol. The van der Waals surface area contributed by atoms with Gasteiger partial charge in [0.2, 0.25) is 0 Å². The van der Waals surface area contributed by atoms with E-state index in [2.05, 4.69) is 144 Å². The highest BCUT2D eigenvalue weighted by molar-refractivity contribution is 5.99. The summed E-state index contributed by atoms with van der Waals surface area (Å²) in [4.78, 5) is 3.91. The van der Waals surface area contributed by atoms with Crippen molar-refractivity contribution in [3.8, 4) is 0 Å². The number of aryl methyl sites for hydroxylation is 6. The average Bonchev–Trinajstić information content (AvgIpc) is 3.62. The molecule has 0 aliphatic heterocycles. The van der Waals surface area contributed by atoms with Gasteiger partial charge in [-0.1, -0.05) is 96.1 Å². The lowest BCUT2D eigenvalue weighted by Gasteiger charge is -2.17. The van der Waals surface area contributed by atoms with E-state index in [1.165, 1.54) is 110 Å². The zero-order valence-corrected chi connectivity index (χ0v) is 26.9. The van der Waals surface area contributed by atoms with Crippen molar-refractivity contribution in [1.29, 1.82) is 0 Å². The Bertz CT molecular complexity index is 2270. The van der Waals surface area contributed by atoms with Crippen molar-refractivity contribution >= 4 is 35.5 Å². The fourth-order valence-corrected chi connectivity index (χ4v) is 9.14. The fourth-order valence-electron chi connectivity index (χ4n) is 9.14. The standard InChI is InChI=1S/C44H37N/c1-23-15-25(3)41(26(4)16-23)43-31-13-9-7-11-29(31)33-19-35-36-20-34-30-12-8-10-14-32(30)44(42-27(5)17-24(2)18-28(42)6)38(34)22-40(36)45-39(35)21-37(33)43/h7-22,33-34,45H,1-6H3. The van der Waals surface area contributed by atoms with Crippen molar-refractivity contribution in [3.63, 3.8) is 0 Å². The average molecular weight is 580 g/mol. The molecule has 0 amide bonds. The molecule has 0 radical (unpaired) electrons. The van der Waals surface area contributed by atoms with E-state index in [0.29, 0.717) is 0 Å². The second kappa shape index (κ2) is 9.31. The molecule has 1 heteroatoms. The smallest absolute Gasteiger partial charge is 0.0465 e. The monoisotopic (exact) mass is 579 g/mol. The summed E-state index contributed by atoms with van der Waals surface area (Å²) < 4.78 is 0. The number of fused-ring (bicyclic) bond motifs is 9. The third-order valence-corrected chi connectivity index (χ3v) is 10.6. The lowest BCUT2D eigenvalue weighted by Crippen LogP contribution is -2.41. The molecule has 1 aromatic heterocycles. The Morgan fingerprint density at radius 1 is 0.489 bits per heavy atom. The molecule has 0 saturated carbocycles. The molecule has 0 spiro atoms. The Kier molecular flexibility index (Phi) is 5.49. The molecule has 45 heavy (non-hydrogen) atoms. The summed E-state index contributed by atoms with van der Waals surface area (Å²) in [5.74, 6) is 0.497. The number of benzene rings is 4. The maximum atomic E-state index is 3.91. The van der Waals surface area contributed by atoms with Gasteiger partial charge in [-0.3, -0.25) is 0 Å². The van der Waals surface area contributed by atoms with Gasteiger partial charge < -0.3 is 4.98 Å². The molecule has 4 aliphatic rings. The summed E-state index contributed by atoms with van der Waals surface area (Å²) in [6.07, 6.45) is 10.0. The van der Waals surface area contributed by atoms with Crippen molar-refractivity contribution in [2.45, 2.75) is 53.4 Å². The normalized spacial score (nSPS) is 18.5. The van der Waals surface area contributed by atoms with Crippen LogP contribution in [0.3, 0.4) is 0 Å². The van der Waals surface area contributed by atoms with Crippen LogP contribution in [0.4, 0.5) is 0 Å². The second-order valence-electron chi connectivity index (χ2n) is 13.7. The molecule has 218 valence electrons. The Morgan fingerprint density at radius 3 is 1.27 bits per heavy atom. The SMILES string of the molecule is Cc1cc(C)c(C2=C3C=c4[nH]c5c(c4=CC3c3ccccc32)=CC2C(=C(c3c(C)cc(C)cc3C)c3ccccc32)C=5)c(C)c1. The van der Waals surface area contributed by atoms with Gasteiger partial charge in [-0.2, -0.15) is 0 Å². The molecule has 2 unspecified atom stereocenters. The number of hydrogen-bond acceptors (Lipinski definition) is 0. The van der Waals surface area contributed by atoms with Crippen LogP contribution in [0.1, 0.15) is 78.6 Å². The van der Waals surface area contributed by atoms with Crippen LogP contribution < -0.4 is 21.1 Å². The quantitative estimate of drug-likeness (QED) is 0.227. The van der Waals surface area contributed by atoms with Crippen molar-refractivity contribution < 1.29 is 0 Å². The summed E-state index contributed by atoms with van der Waals surface area (Å²) in [5.41, 5.74) is 22.0. The van der Waals surface area contributed by atoms with Gasteiger partial charge in [-0.05, 0) is 132 Å². The first-order chi connectivity index (χ1) is 21.8. The lowest BCUT2D eigenvalue weighted by molar-refractivity contribution is 1.10. The van der Waals surface area contributed by atoms with Gasteiger partial charge in [0.05, 0.1) is 0 Å². The van der Waals surface area contributed by atoms with E-state index in [9.17, 15) is 0 Å². The van der Waals surface area contributed by atoms with Crippen LogP contribution in [0.2, 0.25) is 0 Å². The highest BCUT2D eigenvalue weighted by Crippen LogP contribution is 2.50. The van der Waals surface area contributed by atoms with Gasteiger partial charge in [-0.15, -0.1) is 0 Å². The van der Waals surface area contributed by atoms with Crippen molar-refractivity contribution in [3.05, 3.63) is 172 Å². The molecule has 0 bridgehead atoms. The summed E-state index contributed by atoms with van der Waals surface area (Å²) >= 11 is 0. The summed E-state index contributed by atoms with van der Waals surface area (Å²) in [7, 11) is 0. The summed E-state index contributed by atoms with van der Waals surface area (Å²) in [6.45, 7) is 13.5. The fraction of sp³-hybridized carbons (Fsp3) is 0.182. The molecule has 0 fully saturated rings. The van der Waals surface area contributed by atoms with Crippen molar-refractivity contribution in [2.75, 3.05) is 0 Å². The maximum absolute atomic E-state index is 3.91. The van der Waals surface area contributed by atoms with E-state index in [0.717, 1.165) is 0 Å². The number of nitrogens with one attached hydrogen (secondary N) is 1. The highest BCUT2D eigenvalue weighted by atomic mass is 14.7. The molecule has 2 atom stereocenters. The molecule has 5 aromatic rings. The first-order valence-corrected chi connectivity index (χ1v) is 16.3. The van der Waals surface area contributed by atoms with E-state index in [1.807, 2.05) is 0 Å². The van der Waals surface area contributed by atoms with Crippen LogP contribution in [-0.2, 0) is 0 Å². The van der Waals surface area contributed by atoms with Gasteiger partial charge in [0, 0.05) is 33.0 Å². The van der Waals surface area contributed by atoms with E-state index < -0.39 is 0 Å². The van der Waals surface area contributed by atoms with Crippen LogP contribution in [0.25, 0.3) is 35.5 Å². The first kappa shape index (κ1) is 26.5. The van der Waals surface area contributed by atoms with Crippen LogP contribution in [0.5, 0.6) is 0 Å². The zero-order chi connectivity index (χ0) is 30.7. The third kappa shape index (κ3) is 3.67. The lowest BCUT2D eigenvalue weighted by atomic mass is 9.86. The predicted molar refractivity (Wildman–Crippen MR) is 189 cm³/mol. The second-order valence-corrected chi connectivity index (χ2v) is 13.7. The molecule has 9 rings (SSSR count). The van der Waals surface area contributed by atoms with Gasteiger partial charge >= 0.3 is 0 Å². The zero-order valence-electron chi connectivity index (χ0n) is 26.9. The largest absolute Gasteiger partial charge is 0.355 e. The molecule has 1 N–H and O–H groups in total. The Morgan fingerprint density at radius 2 is 0.867 bits per heavy atom. The van der Waals surface area contributed by atoms with Crippen molar-refractivity contribution in [1.82, 2.24) is 4.98 Å². The number of allylic oxidation sites excluding steroid dienone is 2. The van der Waals surface area contributed by atoms with E-state index in [4.69, 9.17) is 0 Å². The minimum Gasteiger partial charge on any atom is -0.355 e. The Hall–Kier alpha value is -4.88. The molecule has 1 nitrogen and oxygen atoms in total. The minimum absolute atomic E-state index is 0.248. The van der Waals surface area contributed by atoms with E-state index in [-0.39, 0.29) is 11.8 Å². The van der Waals surface area contributed by atoms with E-state index in [1.54, 1.807) is 0 Å². The Balaban J connectivity index is 1.33. The summed E-state index contributed by atoms with van der Waals surface area (Å²) in [6, 6.07) is 27.4. The van der Waals surface area contributed by atoms with Gasteiger partial charge in [0.25, 0.3) is 0 Å². The van der Waals surface area contributed by atoms with Crippen LogP contribution in [0.15, 0.2) is 83.9 Å². The Labute approximate surface area is 265 Å². The van der Waals surface area contributed by atoms with E-state index >= 15 is 0 Å². The maximum Gasteiger partial charge on any atom is 0.0465 e. The molecule has 0 saturated heterocycles. The topological polar surface area (TPSA) is 15.8 Å². The molecule has 1 heterocycles. The third-order valence-electron chi connectivity index (χ3n) is 10.6. The van der Waals surface area contributed by atoms with Gasteiger partial charge in [-0.25, -0.2) is 0 Å². The van der Waals surface area contributed by atoms with Gasteiger partial charge in [0.1, 0.15) is 0 Å². The van der Waals surface area contributed by atoms with Crippen LogP contribution in [-0.4, -0.2) is 4.98 Å². The molecular formula is C44H37N.